The fraction of sp³-hybridized carbons (Fsp3) is 0.833. The van der Waals surface area contributed by atoms with Crippen LogP contribution in [0, 0.1) is 11.8 Å². The van der Waals surface area contributed by atoms with Crippen molar-refractivity contribution in [1.29, 1.82) is 0 Å². The standard InChI is InChI=1S/C18H32N2O3/c1-15-8-11-20(12-9-15)17(22)7-5-4-6-10-19(3)18(23)13-16(2)14-21/h14-16H,4-13H2,1-3H3. The van der Waals surface area contributed by atoms with Crippen LogP contribution in [0.1, 0.15) is 58.8 Å². The summed E-state index contributed by atoms with van der Waals surface area (Å²) in [5.41, 5.74) is 0. The van der Waals surface area contributed by atoms with E-state index in [0.29, 0.717) is 13.0 Å². The molecule has 2 amide bonds. The van der Waals surface area contributed by atoms with Crippen LogP contribution in [0.15, 0.2) is 0 Å². The van der Waals surface area contributed by atoms with Gasteiger partial charge in [0.25, 0.3) is 0 Å². The first-order chi connectivity index (χ1) is 10.9. The fourth-order valence-corrected chi connectivity index (χ4v) is 2.82. The molecular formula is C18H32N2O3. The van der Waals surface area contributed by atoms with Crippen LogP contribution in [0.5, 0.6) is 0 Å². The molecule has 1 rings (SSSR count). The van der Waals surface area contributed by atoms with E-state index in [1.165, 1.54) is 0 Å². The van der Waals surface area contributed by atoms with Crippen LogP contribution in [0.4, 0.5) is 0 Å². The van der Waals surface area contributed by atoms with Crippen molar-refractivity contribution in [1.82, 2.24) is 9.80 Å². The van der Waals surface area contributed by atoms with Crippen LogP contribution < -0.4 is 0 Å². The van der Waals surface area contributed by atoms with Crippen molar-refractivity contribution in [3.05, 3.63) is 0 Å². The van der Waals surface area contributed by atoms with Gasteiger partial charge >= 0.3 is 0 Å². The van der Waals surface area contributed by atoms with Crippen molar-refractivity contribution in [3.63, 3.8) is 0 Å². The third-order valence-electron chi connectivity index (χ3n) is 4.68. The molecule has 1 aliphatic heterocycles. The molecule has 0 N–H and O–H groups in total. The van der Waals surface area contributed by atoms with Crippen molar-refractivity contribution < 1.29 is 14.4 Å². The molecule has 5 nitrogen and oxygen atoms in total. The summed E-state index contributed by atoms with van der Waals surface area (Å²) in [6, 6.07) is 0. The Morgan fingerprint density at radius 2 is 1.87 bits per heavy atom. The van der Waals surface area contributed by atoms with E-state index in [2.05, 4.69) is 6.92 Å². The molecule has 0 aliphatic carbocycles. The zero-order chi connectivity index (χ0) is 17.2. The van der Waals surface area contributed by atoms with E-state index in [-0.39, 0.29) is 24.2 Å². The van der Waals surface area contributed by atoms with Gasteiger partial charge in [0.05, 0.1) is 0 Å². The highest BCUT2D eigenvalue weighted by Crippen LogP contribution is 2.17. The second kappa shape index (κ2) is 10.4. The molecule has 132 valence electrons. The minimum Gasteiger partial charge on any atom is -0.346 e. The average Bonchev–Trinajstić information content (AvgIpc) is 2.54. The molecule has 0 spiro atoms. The summed E-state index contributed by atoms with van der Waals surface area (Å²) in [7, 11) is 1.78. The molecule has 0 bridgehead atoms. The van der Waals surface area contributed by atoms with Crippen molar-refractivity contribution in [2.75, 3.05) is 26.7 Å². The second-order valence-corrected chi connectivity index (χ2v) is 7.01. The SMILES string of the molecule is CC(C=O)CC(=O)N(C)CCCCCC(=O)N1CCC(C)CC1. The first kappa shape index (κ1) is 19.7. The van der Waals surface area contributed by atoms with E-state index in [0.717, 1.165) is 57.4 Å². The van der Waals surface area contributed by atoms with Crippen molar-refractivity contribution in [3.8, 4) is 0 Å². The van der Waals surface area contributed by atoms with Gasteiger partial charge in [0.15, 0.2) is 0 Å². The van der Waals surface area contributed by atoms with Crippen molar-refractivity contribution in [2.45, 2.75) is 58.8 Å². The molecule has 5 heteroatoms. The second-order valence-electron chi connectivity index (χ2n) is 7.01. The van der Waals surface area contributed by atoms with Gasteiger partial charge in [-0.15, -0.1) is 0 Å². The van der Waals surface area contributed by atoms with Gasteiger partial charge in [0.1, 0.15) is 6.29 Å². The lowest BCUT2D eigenvalue weighted by atomic mass is 9.99. The first-order valence-corrected chi connectivity index (χ1v) is 8.91. The average molecular weight is 324 g/mol. The minimum atomic E-state index is -0.213. The lowest BCUT2D eigenvalue weighted by Crippen LogP contribution is -2.37. The lowest BCUT2D eigenvalue weighted by Gasteiger charge is -2.30. The predicted molar refractivity (Wildman–Crippen MR) is 90.9 cm³/mol. The summed E-state index contributed by atoms with van der Waals surface area (Å²) < 4.78 is 0. The Bertz CT molecular complexity index is 390. The molecular weight excluding hydrogens is 292 g/mol. The van der Waals surface area contributed by atoms with E-state index in [9.17, 15) is 14.4 Å². The van der Waals surface area contributed by atoms with E-state index < -0.39 is 0 Å². The molecule has 1 saturated heterocycles. The zero-order valence-electron chi connectivity index (χ0n) is 14.9. The molecule has 0 radical (unpaired) electrons. The first-order valence-electron chi connectivity index (χ1n) is 8.91. The van der Waals surface area contributed by atoms with Gasteiger partial charge < -0.3 is 14.6 Å². The predicted octanol–water partition coefficient (Wildman–Crippen LogP) is 2.49. The van der Waals surface area contributed by atoms with Gasteiger partial charge in [-0.05, 0) is 31.6 Å². The Labute approximate surface area is 140 Å². The van der Waals surface area contributed by atoms with Crippen LogP contribution in [0.2, 0.25) is 0 Å². The minimum absolute atomic E-state index is 0.0168. The third-order valence-corrected chi connectivity index (χ3v) is 4.68. The number of hydrogen-bond acceptors (Lipinski definition) is 3. The molecule has 0 saturated carbocycles. The Morgan fingerprint density at radius 3 is 2.48 bits per heavy atom. The summed E-state index contributed by atoms with van der Waals surface area (Å²) in [5, 5.41) is 0. The Kier molecular flexibility index (Phi) is 8.89. The number of carbonyl (C=O) groups excluding carboxylic acids is 3. The number of amides is 2. The zero-order valence-corrected chi connectivity index (χ0v) is 14.9. The number of likely N-dealkylation sites (tertiary alicyclic amines) is 1. The maximum absolute atomic E-state index is 12.1. The number of hydrogen-bond donors (Lipinski definition) is 0. The van der Waals surface area contributed by atoms with E-state index >= 15 is 0 Å². The number of piperidine rings is 1. The molecule has 0 aromatic heterocycles. The maximum Gasteiger partial charge on any atom is 0.223 e. The molecule has 1 fully saturated rings. The molecule has 1 aliphatic rings. The quantitative estimate of drug-likeness (QED) is 0.483. The van der Waals surface area contributed by atoms with Gasteiger partial charge in [-0.1, -0.05) is 20.3 Å². The number of unbranched alkanes of at least 4 members (excludes halogenated alkanes) is 2. The third kappa shape index (κ3) is 7.62. The molecule has 0 aromatic rings. The summed E-state index contributed by atoms with van der Waals surface area (Å²) in [6.45, 7) is 6.51. The molecule has 1 heterocycles. The highest BCUT2D eigenvalue weighted by atomic mass is 16.2. The summed E-state index contributed by atoms with van der Waals surface area (Å²) in [5.74, 6) is 0.827. The largest absolute Gasteiger partial charge is 0.346 e. The van der Waals surface area contributed by atoms with Crippen LogP contribution in [0.25, 0.3) is 0 Å². The lowest BCUT2D eigenvalue weighted by molar-refractivity contribution is -0.133. The highest BCUT2D eigenvalue weighted by Gasteiger charge is 2.19. The van der Waals surface area contributed by atoms with Gasteiger partial charge in [0, 0.05) is 45.4 Å². The molecule has 1 atom stereocenters. The number of rotatable bonds is 9. The van der Waals surface area contributed by atoms with Crippen LogP contribution in [0.3, 0.4) is 0 Å². The Balaban J connectivity index is 2.09. The van der Waals surface area contributed by atoms with E-state index in [1.807, 2.05) is 4.90 Å². The van der Waals surface area contributed by atoms with Crippen molar-refractivity contribution in [2.24, 2.45) is 11.8 Å². The monoisotopic (exact) mass is 324 g/mol. The van der Waals surface area contributed by atoms with Crippen LogP contribution in [-0.2, 0) is 14.4 Å². The number of nitrogens with zero attached hydrogens (tertiary/aromatic N) is 2. The van der Waals surface area contributed by atoms with Gasteiger partial charge in [0.2, 0.25) is 11.8 Å². The number of aldehydes is 1. The van der Waals surface area contributed by atoms with Crippen LogP contribution in [-0.4, -0.2) is 54.6 Å². The highest BCUT2D eigenvalue weighted by molar-refractivity contribution is 5.78. The van der Waals surface area contributed by atoms with Crippen molar-refractivity contribution >= 4 is 18.1 Å². The van der Waals surface area contributed by atoms with Crippen LogP contribution >= 0.6 is 0 Å². The smallest absolute Gasteiger partial charge is 0.223 e. The Morgan fingerprint density at radius 1 is 1.22 bits per heavy atom. The Hall–Kier alpha value is -1.39. The summed E-state index contributed by atoms with van der Waals surface area (Å²) in [4.78, 5) is 38.2. The summed E-state index contributed by atoms with van der Waals surface area (Å²) in [6.07, 6.45) is 6.71. The normalized spacial score (nSPS) is 16.9. The van der Waals surface area contributed by atoms with Gasteiger partial charge in [-0.25, -0.2) is 0 Å². The fourth-order valence-electron chi connectivity index (χ4n) is 2.82. The van der Waals surface area contributed by atoms with E-state index in [1.54, 1.807) is 18.9 Å². The van der Waals surface area contributed by atoms with Gasteiger partial charge in [-0.3, -0.25) is 9.59 Å². The molecule has 0 aromatic carbocycles. The number of carbonyl (C=O) groups is 3. The summed E-state index contributed by atoms with van der Waals surface area (Å²) >= 11 is 0. The topological polar surface area (TPSA) is 57.7 Å². The van der Waals surface area contributed by atoms with Gasteiger partial charge in [-0.2, -0.15) is 0 Å². The van der Waals surface area contributed by atoms with E-state index in [4.69, 9.17) is 0 Å². The maximum atomic E-state index is 12.1. The molecule has 1 unspecified atom stereocenters. The molecule has 23 heavy (non-hydrogen) atoms.